The SMILES string of the molecule is Cc1ccc(-n2c(Cc3ccccc3)nnc2SCC(=O)NCC2CCCO2)cc1. The third kappa shape index (κ3) is 5.29. The molecule has 1 fully saturated rings. The Bertz CT molecular complexity index is 967. The maximum absolute atomic E-state index is 12.3. The van der Waals surface area contributed by atoms with E-state index in [1.807, 2.05) is 22.8 Å². The van der Waals surface area contributed by atoms with Gasteiger partial charge in [0.2, 0.25) is 5.91 Å². The number of rotatable bonds is 8. The quantitative estimate of drug-likeness (QED) is 0.562. The van der Waals surface area contributed by atoms with E-state index in [4.69, 9.17) is 4.74 Å². The average molecular weight is 423 g/mol. The Morgan fingerprint density at radius 2 is 1.97 bits per heavy atom. The summed E-state index contributed by atoms with van der Waals surface area (Å²) in [4.78, 5) is 12.3. The Hall–Kier alpha value is -2.64. The van der Waals surface area contributed by atoms with E-state index in [1.165, 1.54) is 22.9 Å². The number of ether oxygens (including phenoxy) is 1. The Kier molecular flexibility index (Phi) is 6.81. The number of aryl methyl sites for hydroxylation is 1. The molecule has 0 radical (unpaired) electrons. The predicted molar refractivity (Wildman–Crippen MR) is 118 cm³/mol. The van der Waals surface area contributed by atoms with Gasteiger partial charge in [0.25, 0.3) is 0 Å². The van der Waals surface area contributed by atoms with Crippen LogP contribution in [0, 0.1) is 6.92 Å². The molecule has 1 unspecified atom stereocenters. The van der Waals surface area contributed by atoms with E-state index in [1.54, 1.807) is 0 Å². The fraction of sp³-hybridized carbons (Fsp3) is 0.348. The molecule has 30 heavy (non-hydrogen) atoms. The summed E-state index contributed by atoms with van der Waals surface area (Å²) in [6.07, 6.45) is 2.90. The average Bonchev–Trinajstić information content (AvgIpc) is 3.42. The molecule has 156 valence electrons. The van der Waals surface area contributed by atoms with E-state index in [0.29, 0.717) is 18.7 Å². The van der Waals surface area contributed by atoms with Gasteiger partial charge in [-0.15, -0.1) is 10.2 Å². The van der Waals surface area contributed by atoms with Crippen LogP contribution in [0.3, 0.4) is 0 Å². The van der Waals surface area contributed by atoms with Gasteiger partial charge >= 0.3 is 0 Å². The Balaban J connectivity index is 1.48. The summed E-state index contributed by atoms with van der Waals surface area (Å²) in [6, 6.07) is 18.5. The Morgan fingerprint density at radius 1 is 1.17 bits per heavy atom. The molecular weight excluding hydrogens is 396 g/mol. The molecule has 0 aliphatic carbocycles. The number of hydrogen-bond donors (Lipinski definition) is 1. The molecule has 1 saturated heterocycles. The van der Waals surface area contributed by atoms with Crippen LogP contribution in [0.25, 0.3) is 5.69 Å². The number of carbonyl (C=O) groups excluding carboxylic acids is 1. The lowest BCUT2D eigenvalue weighted by molar-refractivity contribution is -0.119. The number of thioether (sulfide) groups is 1. The van der Waals surface area contributed by atoms with Crippen LogP contribution in [0.1, 0.15) is 29.8 Å². The number of nitrogens with one attached hydrogen (secondary N) is 1. The van der Waals surface area contributed by atoms with E-state index in [-0.39, 0.29) is 12.0 Å². The molecule has 7 heteroatoms. The summed E-state index contributed by atoms with van der Waals surface area (Å²) in [6.45, 7) is 3.43. The van der Waals surface area contributed by atoms with Crippen molar-refractivity contribution in [2.45, 2.75) is 37.4 Å². The van der Waals surface area contributed by atoms with Gasteiger partial charge in [0, 0.05) is 25.3 Å². The summed E-state index contributed by atoms with van der Waals surface area (Å²) >= 11 is 1.40. The molecule has 1 N–H and O–H groups in total. The van der Waals surface area contributed by atoms with E-state index in [0.717, 1.165) is 36.1 Å². The molecule has 1 amide bonds. The normalized spacial score (nSPS) is 16.0. The van der Waals surface area contributed by atoms with Crippen LogP contribution in [-0.4, -0.2) is 45.7 Å². The zero-order valence-corrected chi connectivity index (χ0v) is 17.9. The van der Waals surface area contributed by atoms with E-state index in [2.05, 4.69) is 58.8 Å². The molecule has 1 aliphatic heterocycles. The maximum Gasteiger partial charge on any atom is 0.230 e. The van der Waals surface area contributed by atoms with Crippen LogP contribution in [0.5, 0.6) is 0 Å². The first-order valence-electron chi connectivity index (χ1n) is 10.3. The first-order valence-corrected chi connectivity index (χ1v) is 11.2. The lowest BCUT2D eigenvalue weighted by Gasteiger charge is -2.12. The summed E-state index contributed by atoms with van der Waals surface area (Å²) in [5.41, 5.74) is 3.36. The van der Waals surface area contributed by atoms with Crippen LogP contribution >= 0.6 is 11.8 Å². The molecule has 1 aromatic heterocycles. The number of nitrogens with zero attached hydrogens (tertiary/aromatic N) is 3. The second-order valence-electron chi connectivity index (χ2n) is 7.46. The topological polar surface area (TPSA) is 69.0 Å². The van der Waals surface area contributed by atoms with Crippen molar-refractivity contribution >= 4 is 17.7 Å². The van der Waals surface area contributed by atoms with Crippen LogP contribution < -0.4 is 5.32 Å². The largest absolute Gasteiger partial charge is 0.376 e. The molecule has 3 aromatic rings. The van der Waals surface area contributed by atoms with Crippen molar-refractivity contribution < 1.29 is 9.53 Å². The molecule has 1 aliphatic rings. The van der Waals surface area contributed by atoms with Gasteiger partial charge in [-0.05, 0) is 37.5 Å². The van der Waals surface area contributed by atoms with Crippen LogP contribution in [0.15, 0.2) is 59.8 Å². The number of benzene rings is 2. The van der Waals surface area contributed by atoms with Crippen LogP contribution in [-0.2, 0) is 16.0 Å². The standard InChI is InChI=1S/C23H26N4O2S/c1-17-9-11-19(12-10-17)27-21(14-18-6-3-2-4-7-18)25-26-23(27)30-16-22(28)24-15-20-8-5-13-29-20/h2-4,6-7,9-12,20H,5,8,13-16H2,1H3,(H,24,28). The molecule has 0 spiro atoms. The highest BCUT2D eigenvalue weighted by atomic mass is 32.2. The highest BCUT2D eigenvalue weighted by Gasteiger charge is 2.18. The van der Waals surface area contributed by atoms with Crippen molar-refractivity contribution in [1.29, 1.82) is 0 Å². The van der Waals surface area contributed by atoms with Gasteiger partial charge in [-0.25, -0.2) is 0 Å². The zero-order chi connectivity index (χ0) is 20.8. The highest BCUT2D eigenvalue weighted by molar-refractivity contribution is 7.99. The summed E-state index contributed by atoms with van der Waals surface area (Å²) < 4.78 is 7.61. The minimum Gasteiger partial charge on any atom is -0.376 e. The molecule has 2 heterocycles. The van der Waals surface area contributed by atoms with Gasteiger partial charge in [-0.1, -0.05) is 59.8 Å². The van der Waals surface area contributed by atoms with Gasteiger partial charge in [-0.2, -0.15) is 0 Å². The number of carbonyl (C=O) groups is 1. The first-order chi connectivity index (χ1) is 14.7. The number of aromatic nitrogens is 3. The first kappa shape index (κ1) is 20.6. The van der Waals surface area contributed by atoms with E-state index in [9.17, 15) is 4.79 Å². The zero-order valence-electron chi connectivity index (χ0n) is 17.1. The van der Waals surface area contributed by atoms with Crippen molar-refractivity contribution in [2.24, 2.45) is 0 Å². The Labute approximate surface area is 181 Å². The van der Waals surface area contributed by atoms with Crippen molar-refractivity contribution in [3.8, 4) is 5.69 Å². The van der Waals surface area contributed by atoms with Gasteiger partial charge in [-0.3, -0.25) is 9.36 Å². The van der Waals surface area contributed by atoms with Gasteiger partial charge < -0.3 is 10.1 Å². The monoisotopic (exact) mass is 422 g/mol. The minimum atomic E-state index is -0.0152. The van der Waals surface area contributed by atoms with Gasteiger partial charge in [0.15, 0.2) is 5.16 Å². The lowest BCUT2D eigenvalue weighted by Crippen LogP contribution is -2.32. The molecule has 0 saturated carbocycles. The molecular formula is C23H26N4O2S. The molecule has 6 nitrogen and oxygen atoms in total. The summed E-state index contributed by atoms with van der Waals surface area (Å²) in [5, 5.41) is 12.5. The molecule has 0 bridgehead atoms. The van der Waals surface area contributed by atoms with Crippen LogP contribution in [0.2, 0.25) is 0 Å². The van der Waals surface area contributed by atoms with Crippen molar-refractivity contribution in [3.05, 3.63) is 71.5 Å². The number of amides is 1. The van der Waals surface area contributed by atoms with Crippen molar-refractivity contribution in [2.75, 3.05) is 18.9 Å². The van der Waals surface area contributed by atoms with E-state index >= 15 is 0 Å². The second-order valence-corrected chi connectivity index (χ2v) is 8.40. The lowest BCUT2D eigenvalue weighted by atomic mass is 10.1. The molecule has 4 rings (SSSR count). The second kappa shape index (κ2) is 9.91. The fourth-order valence-corrected chi connectivity index (χ4v) is 4.25. The van der Waals surface area contributed by atoms with E-state index < -0.39 is 0 Å². The maximum atomic E-state index is 12.3. The third-order valence-corrected chi connectivity index (χ3v) is 6.01. The minimum absolute atomic E-state index is 0.0152. The fourth-order valence-electron chi connectivity index (χ4n) is 3.45. The van der Waals surface area contributed by atoms with Crippen molar-refractivity contribution in [3.63, 3.8) is 0 Å². The summed E-state index contributed by atoms with van der Waals surface area (Å²) in [5.74, 6) is 1.13. The van der Waals surface area contributed by atoms with Gasteiger partial charge in [0.05, 0.1) is 11.9 Å². The molecule has 2 aromatic carbocycles. The molecule has 1 atom stereocenters. The predicted octanol–water partition coefficient (Wildman–Crippen LogP) is 3.55. The summed E-state index contributed by atoms with van der Waals surface area (Å²) in [7, 11) is 0. The van der Waals surface area contributed by atoms with Gasteiger partial charge in [0.1, 0.15) is 5.82 Å². The smallest absolute Gasteiger partial charge is 0.230 e. The Morgan fingerprint density at radius 3 is 2.70 bits per heavy atom. The highest BCUT2D eigenvalue weighted by Crippen LogP contribution is 2.24. The number of hydrogen-bond acceptors (Lipinski definition) is 5. The van der Waals surface area contributed by atoms with Crippen molar-refractivity contribution in [1.82, 2.24) is 20.1 Å². The third-order valence-electron chi connectivity index (χ3n) is 5.08. The van der Waals surface area contributed by atoms with Crippen LogP contribution in [0.4, 0.5) is 0 Å².